The van der Waals surface area contributed by atoms with Gasteiger partial charge in [0, 0.05) is 23.0 Å². The van der Waals surface area contributed by atoms with Gasteiger partial charge in [0.25, 0.3) is 0 Å². The molecule has 0 saturated carbocycles. The van der Waals surface area contributed by atoms with Gasteiger partial charge in [0.2, 0.25) is 0 Å². The molecule has 2 aromatic rings. The fourth-order valence-electron chi connectivity index (χ4n) is 5.82. The van der Waals surface area contributed by atoms with Crippen LogP contribution < -0.4 is 0 Å². The Bertz CT molecular complexity index is 1170. The molecule has 0 bridgehead atoms. The van der Waals surface area contributed by atoms with E-state index in [0.29, 0.717) is 26.4 Å². The summed E-state index contributed by atoms with van der Waals surface area (Å²) in [6.07, 6.45) is 11.6. The van der Waals surface area contributed by atoms with Crippen LogP contribution in [0.3, 0.4) is 0 Å². The minimum absolute atomic E-state index is 0.0422. The van der Waals surface area contributed by atoms with Crippen LogP contribution in [0.15, 0.2) is 60.1 Å². The summed E-state index contributed by atoms with van der Waals surface area (Å²) < 4.78 is 25.4. The Morgan fingerprint density at radius 2 is 0.974 bits per heavy atom. The maximum atomic E-state index is 6.40. The number of allylic oxidation sites excluding steroid dienone is 4. The fraction of sp³-hybridized carbons (Fsp3) is 0.429. The van der Waals surface area contributed by atoms with Crippen molar-refractivity contribution in [2.45, 2.75) is 72.6 Å². The van der Waals surface area contributed by atoms with Gasteiger partial charge in [-0.1, -0.05) is 74.5 Å². The molecule has 208 valence electrons. The summed E-state index contributed by atoms with van der Waals surface area (Å²) in [5, 5.41) is 0. The molecule has 2 aliphatic carbocycles. The van der Waals surface area contributed by atoms with E-state index in [9.17, 15) is 0 Å². The van der Waals surface area contributed by atoms with E-state index in [0.717, 1.165) is 53.4 Å². The van der Waals surface area contributed by atoms with E-state index in [-0.39, 0.29) is 11.8 Å². The maximum absolute atomic E-state index is 6.40. The maximum Gasteiger partial charge on any atom is 0.165 e. The predicted molar refractivity (Wildman–Crippen MR) is 162 cm³/mol. The van der Waals surface area contributed by atoms with Gasteiger partial charge in [-0.25, -0.2) is 0 Å². The Labute approximate surface area is 235 Å². The molecule has 0 amide bonds. The van der Waals surface area contributed by atoms with Crippen molar-refractivity contribution in [2.75, 3.05) is 26.4 Å². The van der Waals surface area contributed by atoms with Gasteiger partial charge < -0.3 is 18.9 Å². The molecule has 2 atom stereocenters. The zero-order valence-corrected chi connectivity index (χ0v) is 24.5. The number of fused-ring (bicyclic) bond motifs is 2. The first kappa shape index (κ1) is 28.6. The van der Waals surface area contributed by atoms with Crippen LogP contribution in [0.2, 0.25) is 0 Å². The molecule has 0 spiro atoms. The fourth-order valence-corrected chi connectivity index (χ4v) is 5.82. The van der Waals surface area contributed by atoms with Crippen LogP contribution in [-0.2, 0) is 18.9 Å². The molecule has 0 saturated heterocycles. The van der Waals surface area contributed by atoms with E-state index in [1.165, 1.54) is 22.3 Å². The second-order valence-corrected chi connectivity index (χ2v) is 9.70. The second-order valence-electron chi connectivity index (χ2n) is 9.70. The molecule has 4 rings (SSSR count). The Kier molecular flexibility index (Phi) is 9.97. The highest BCUT2D eigenvalue weighted by atomic mass is 16.5. The highest BCUT2D eigenvalue weighted by Gasteiger charge is 2.42. The first-order chi connectivity index (χ1) is 19.1. The van der Waals surface area contributed by atoms with Crippen molar-refractivity contribution in [3.63, 3.8) is 0 Å². The van der Waals surface area contributed by atoms with Crippen LogP contribution in [0.1, 0.15) is 106 Å². The number of benzene rings is 2. The van der Waals surface area contributed by atoms with Gasteiger partial charge in [-0.2, -0.15) is 0 Å². The lowest BCUT2D eigenvalue weighted by Crippen LogP contribution is -2.11. The van der Waals surface area contributed by atoms with E-state index in [1.54, 1.807) is 0 Å². The molecular weight excluding hydrogens is 484 g/mol. The minimum Gasteiger partial charge on any atom is -0.494 e. The number of rotatable bonds is 14. The molecule has 2 unspecified atom stereocenters. The summed E-state index contributed by atoms with van der Waals surface area (Å²) in [4.78, 5) is 0. The van der Waals surface area contributed by atoms with Gasteiger partial charge in [-0.3, -0.25) is 0 Å². The molecule has 0 N–H and O–H groups in total. The predicted octanol–water partition coefficient (Wildman–Crippen LogP) is 9.30. The molecule has 0 aliphatic heterocycles. The molecule has 0 radical (unpaired) electrons. The first-order valence-corrected chi connectivity index (χ1v) is 14.7. The molecule has 2 aromatic carbocycles. The smallest absolute Gasteiger partial charge is 0.165 e. The Morgan fingerprint density at radius 1 is 0.564 bits per heavy atom. The van der Waals surface area contributed by atoms with Gasteiger partial charge >= 0.3 is 0 Å². The third-order valence-corrected chi connectivity index (χ3v) is 7.26. The quantitative estimate of drug-likeness (QED) is 0.245. The van der Waals surface area contributed by atoms with E-state index < -0.39 is 0 Å². The zero-order valence-electron chi connectivity index (χ0n) is 24.5. The van der Waals surface area contributed by atoms with E-state index in [2.05, 4.69) is 74.5 Å². The molecule has 39 heavy (non-hydrogen) atoms. The van der Waals surface area contributed by atoms with Crippen molar-refractivity contribution >= 4 is 23.7 Å². The Morgan fingerprint density at radius 3 is 1.33 bits per heavy atom. The van der Waals surface area contributed by atoms with Crippen LogP contribution in [0.5, 0.6) is 0 Å². The summed E-state index contributed by atoms with van der Waals surface area (Å²) in [6, 6.07) is 13.1. The summed E-state index contributed by atoms with van der Waals surface area (Å²) >= 11 is 0. The summed E-state index contributed by atoms with van der Waals surface area (Å²) in [5.41, 5.74) is 7.16. The number of hydrogen-bond acceptors (Lipinski definition) is 4. The SMILES string of the molecule is CCC=Cc1cccc2c1C(OCC)=C(OCC)C2CC1C(OCC)=C(OCC)c2c(C=CCC)cccc21. The monoisotopic (exact) mass is 528 g/mol. The molecule has 0 heterocycles. The highest BCUT2D eigenvalue weighted by molar-refractivity contribution is 5.82. The van der Waals surface area contributed by atoms with Crippen molar-refractivity contribution < 1.29 is 18.9 Å². The summed E-state index contributed by atoms with van der Waals surface area (Å²) in [5.74, 6) is 3.69. The van der Waals surface area contributed by atoms with Crippen molar-refractivity contribution in [1.29, 1.82) is 0 Å². The van der Waals surface area contributed by atoms with Crippen LogP contribution in [0.4, 0.5) is 0 Å². The summed E-state index contributed by atoms with van der Waals surface area (Å²) in [6.45, 7) is 14.8. The van der Waals surface area contributed by atoms with Crippen molar-refractivity contribution in [3.8, 4) is 0 Å². The van der Waals surface area contributed by atoms with Crippen LogP contribution >= 0.6 is 0 Å². The highest BCUT2D eigenvalue weighted by Crippen LogP contribution is 2.54. The molecule has 4 heteroatoms. The first-order valence-electron chi connectivity index (χ1n) is 14.7. The van der Waals surface area contributed by atoms with E-state index in [4.69, 9.17) is 18.9 Å². The minimum atomic E-state index is 0.0422. The van der Waals surface area contributed by atoms with E-state index in [1.807, 2.05) is 27.7 Å². The lowest BCUT2D eigenvalue weighted by atomic mass is 9.84. The lowest BCUT2D eigenvalue weighted by Gasteiger charge is -2.23. The van der Waals surface area contributed by atoms with Crippen molar-refractivity contribution in [3.05, 3.63) is 93.4 Å². The van der Waals surface area contributed by atoms with Crippen molar-refractivity contribution in [2.24, 2.45) is 0 Å². The topological polar surface area (TPSA) is 36.9 Å². The van der Waals surface area contributed by atoms with Gasteiger partial charge in [-0.05, 0) is 69.2 Å². The average molecular weight is 529 g/mol. The molecular formula is C35H44O4. The second kappa shape index (κ2) is 13.6. The summed E-state index contributed by atoms with van der Waals surface area (Å²) in [7, 11) is 0. The van der Waals surface area contributed by atoms with Gasteiger partial charge in [-0.15, -0.1) is 0 Å². The molecule has 0 aromatic heterocycles. The zero-order chi connectivity index (χ0) is 27.8. The Hall–Kier alpha value is -3.40. The molecule has 2 aliphatic rings. The largest absolute Gasteiger partial charge is 0.494 e. The Balaban J connectivity index is 1.89. The van der Waals surface area contributed by atoms with Crippen LogP contribution in [0.25, 0.3) is 23.7 Å². The third-order valence-electron chi connectivity index (χ3n) is 7.26. The molecule has 4 nitrogen and oxygen atoms in total. The van der Waals surface area contributed by atoms with E-state index >= 15 is 0 Å². The van der Waals surface area contributed by atoms with Gasteiger partial charge in [0.15, 0.2) is 11.5 Å². The van der Waals surface area contributed by atoms with Crippen LogP contribution in [-0.4, -0.2) is 26.4 Å². The lowest BCUT2D eigenvalue weighted by molar-refractivity contribution is 0.175. The van der Waals surface area contributed by atoms with Crippen molar-refractivity contribution in [1.82, 2.24) is 0 Å². The third kappa shape index (κ3) is 5.66. The number of ether oxygens (including phenoxy) is 4. The normalized spacial score (nSPS) is 18.3. The molecule has 0 fully saturated rings. The van der Waals surface area contributed by atoms with Crippen LogP contribution in [0, 0.1) is 0 Å². The van der Waals surface area contributed by atoms with Gasteiger partial charge in [0.05, 0.1) is 26.4 Å². The van der Waals surface area contributed by atoms with Gasteiger partial charge in [0.1, 0.15) is 11.5 Å². The number of hydrogen-bond donors (Lipinski definition) is 0. The standard InChI is InChI=1S/C35H44O4/c1-7-13-17-24-19-15-21-26-28(32(36-9-3)34(30(24)26)38-11-5)23-29-27-22-16-20-25(18-14-8-2)31(27)35(39-12-6)33(29)37-10-4/h13-22,28-29H,7-12,23H2,1-6H3. The average Bonchev–Trinajstić information content (AvgIpc) is 3.40.